The topological polar surface area (TPSA) is 110 Å². The Morgan fingerprint density at radius 2 is 1.61 bits per heavy atom. The lowest BCUT2D eigenvalue weighted by atomic mass is 9.97. The summed E-state index contributed by atoms with van der Waals surface area (Å²) in [7, 11) is -4.67. The molecule has 0 aliphatic carbocycles. The van der Waals surface area contributed by atoms with Crippen molar-refractivity contribution in [2.75, 3.05) is 6.54 Å². The van der Waals surface area contributed by atoms with Gasteiger partial charge >= 0.3 is 10.4 Å². The fraction of sp³-hybridized carbons (Fsp3) is 0.250. The summed E-state index contributed by atoms with van der Waals surface area (Å²) in [6.45, 7) is 2.83. The van der Waals surface area contributed by atoms with Crippen molar-refractivity contribution in [2.45, 2.75) is 19.3 Å². The largest absolute Gasteiger partial charge is 0.457 e. The molecule has 0 aliphatic rings. The van der Waals surface area contributed by atoms with Gasteiger partial charge in [0.2, 0.25) is 0 Å². The maximum absolute atomic E-state index is 8.74. The highest BCUT2D eigenvalue weighted by Crippen LogP contribution is 2.26. The molecule has 0 bridgehead atoms. The molecule has 0 saturated carbocycles. The second-order valence-electron chi connectivity index (χ2n) is 4.78. The Morgan fingerprint density at radius 3 is 2.13 bits per heavy atom. The molecule has 0 spiro atoms. The second-order valence-corrected chi connectivity index (χ2v) is 5.67. The molecule has 0 fully saturated rings. The lowest BCUT2D eigenvalue weighted by molar-refractivity contribution is 0.381. The van der Waals surface area contributed by atoms with Crippen molar-refractivity contribution in [3.05, 3.63) is 60.2 Å². The Hall–Kier alpha value is -1.93. The quantitative estimate of drug-likeness (QED) is 0.721. The summed E-state index contributed by atoms with van der Waals surface area (Å²) in [5.74, 6) is 2.13. The van der Waals surface area contributed by atoms with Crippen LogP contribution in [0.25, 0.3) is 0 Å². The molecule has 1 unspecified atom stereocenters. The molecule has 126 valence electrons. The van der Waals surface area contributed by atoms with Crippen LogP contribution in [0.2, 0.25) is 0 Å². The second kappa shape index (κ2) is 9.26. The smallest absolute Gasteiger partial charge is 0.394 e. The average molecular weight is 339 g/mol. The highest BCUT2D eigenvalue weighted by molar-refractivity contribution is 7.79. The molecule has 0 aliphatic heterocycles. The standard InChI is InChI=1S/C16H19NO.H2O4S/c1-2-13(12-17)14-7-6-10-16(11-14)18-15-8-4-3-5-9-15;1-5(2,3)4/h3-11,13H,2,12,17H2,1H3;(H2,1,2,3,4). The van der Waals surface area contributed by atoms with Gasteiger partial charge in [-0.15, -0.1) is 0 Å². The molecule has 23 heavy (non-hydrogen) atoms. The molecular weight excluding hydrogens is 318 g/mol. The third-order valence-corrected chi connectivity index (χ3v) is 3.09. The molecule has 0 saturated heterocycles. The summed E-state index contributed by atoms with van der Waals surface area (Å²) in [4.78, 5) is 0. The van der Waals surface area contributed by atoms with Gasteiger partial charge in [0.05, 0.1) is 0 Å². The van der Waals surface area contributed by atoms with E-state index < -0.39 is 10.4 Å². The van der Waals surface area contributed by atoms with Gasteiger partial charge in [0, 0.05) is 0 Å². The van der Waals surface area contributed by atoms with Gasteiger partial charge in [0.25, 0.3) is 0 Å². The molecule has 0 amide bonds. The maximum atomic E-state index is 8.74. The number of ether oxygens (including phenoxy) is 1. The van der Waals surface area contributed by atoms with E-state index in [2.05, 4.69) is 19.1 Å². The summed E-state index contributed by atoms with van der Waals surface area (Å²) in [6, 6.07) is 18.0. The number of rotatable bonds is 5. The van der Waals surface area contributed by atoms with Gasteiger partial charge in [-0.2, -0.15) is 8.42 Å². The predicted molar refractivity (Wildman–Crippen MR) is 89.2 cm³/mol. The fourth-order valence-corrected chi connectivity index (χ4v) is 2.00. The molecule has 6 nitrogen and oxygen atoms in total. The first-order chi connectivity index (χ1) is 10.8. The van der Waals surface area contributed by atoms with Crippen LogP contribution >= 0.6 is 0 Å². The molecule has 2 aromatic carbocycles. The third-order valence-electron chi connectivity index (χ3n) is 3.09. The van der Waals surface area contributed by atoms with Crippen LogP contribution in [-0.4, -0.2) is 24.1 Å². The maximum Gasteiger partial charge on any atom is 0.394 e. The molecule has 1 atom stereocenters. The molecule has 2 aromatic rings. The van der Waals surface area contributed by atoms with Crippen LogP contribution in [0.5, 0.6) is 11.5 Å². The number of para-hydroxylation sites is 1. The van der Waals surface area contributed by atoms with Crippen molar-refractivity contribution in [1.29, 1.82) is 0 Å². The van der Waals surface area contributed by atoms with E-state index in [9.17, 15) is 0 Å². The van der Waals surface area contributed by atoms with Crippen molar-refractivity contribution in [2.24, 2.45) is 5.73 Å². The van der Waals surface area contributed by atoms with E-state index in [4.69, 9.17) is 28.0 Å². The van der Waals surface area contributed by atoms with Crippen LogP contribution in [-0.2, 0) is 10.4 Å². The Balaban J connectivity index is 0.000000463. The van der Waals surface area contributed by atoms with Gasteiger partial charge in [-0.3, -0.25) is 9.11 Å². The van der Waals surface area contributed by atoms with Gasteiger partial charge < -0.3 is 10.5 Å². The minimum atomic E-state index is -4.67. The van der Waals surface area contributed by atoms with Gasteiger partial charge in [-0.05, 0) is 48.7 Å². The average Bonchev–Trinajstić information content (AvgIpc) is 2.48. The highest BCUT2D eigenvalue weighted by Gasteiger charge is 2.08. The molecule has 4 N–H and O–H groups in total. The number of hydrogen-bond donors (Lipinski definition) is 3. The van der Waals surface area contributed by atoms with E-state index in [-0.39, 0.29) is 0 Å². The van der Waals surface area contributed by atoms with E-state index in [1.807, 2.05) is 42.5 Å². The molecule has 7 heteroatoms. The fourth-order valence-electron chi connectivity index (χ4n) is 2.00. The van der Waals surface area contributed by atoms with Gasteiger partial charge in [-0.25, -0.2) is 0 Å². The summed E-state index contributed by atoms with van der Waals surface area (Å²) < 4.78 is 37.4. The lowest BCUT2D eigenvalue weighted by Gasteiger charge is -2.14. The van der Waals surface area contributed by atoms with Crippen LogP contribution in [0.4, 0.5) is 0 Å². The third kappa shape index (κ3) is 8.32. The van der Waals surface area contributed by atoms with Crippen LogP contribution < -0.4 is 10.5 Å². The van der Waals surface area contributed by atoms with Gasteiger partial charge in [-0.1, -0.05) is 37.3 Å². The van der Waals surface area contributed by atoms with Crippen molar-refractivity contribution in [1.82, 2.24) is 0 Å². The van der Waals surface area contributed by atoms with Gasteiger partial charge in [0.1, 0.15) is 11.5 Å². The zero-order valence-corrected chi connectivity index (χ0v) is 13.6. The Labute approximate surface area is 136 Å². The summed E-state index contributed by atoms with van der Waals surface area (Å²) in [6.07, 6.45) is 1.05. The summed E-state index contributed by atoms with van der Waals surface area (Å²) in [5.41, 5.74) is 7.02. The minimum absolute atomic E-state index is 0.407. The lowest BCUT2D eigenvalue weighted by Crippen LogP contribution is -2.11. The molecule has 0 aromatic heterocycles. The highest BCUT2D eigenvalue weighted by atomic mass is 32.3. The number of hydrogen-bond acceptors (Lipinski definition) is 4. The van der Waals surface area contributed by atoms with Crippen LogP contribution in [0.1, 0.15) is 24.8 Å². The zero-order valence-electron chi connectivity index (χ0n) is 12.8. The number of nitrogens with two attached hydrogens (primary N) is 1. The van der Waals surface area contributed by atoms with E-state index in [0.29, 0.717) is 12.5 Å². The van der Waals surface area contributed by atoms with E-state index in [0.717, 1.165) is 17.9 Å². The minimum Gasteiger partial charge on any atom is -0.457 e. The van der Waals surface area contributed by atoms with Crippen LogP contribution in [0, 0.1) is 0 Å². The number of benzene rings is 2. The first-order valence-corrected chi connectivity index (χ1v) is 8.46. The van der Waals surface area contributed by atoms with Crippen molar-refractivity contribution in [3.8, 4) is 11.5 Å². The Morgan fingerprint density at radius 1 is 1.04 bits per heavy atom. The molecular formula is C16H21NO5S. The first kappa shape index (κ1) is 19.1. The normalized spacial score (nSPS) is 12.0. The van der Waals surface area contributed by atoms with E-state index in [1.165, 1.54) is 5.56 Å². The summed E-state index contributed by atoms with van der Waals surface area (Å²) >= 11 is 0. The Bertz CT molecular complexity index is 677. The zero-order chi connectivity index (χ0) is 17.3. The molecule has 2 rings (SSSR count). The molecule has 0 heterocycles. The predicted octanol–water partition coefficient (Wildman–Crippen LogP) is 3.28. The van der Waals surface area contributed by atoms with E-state index in [1.54, 1.807) is 0 Å². The van der Waals surface area contributed by atoms with Crippen molar-refractivity contribution in [3.63, 3.8) is 0 Å². The van der Waals surface area contributed by atoms with Crippen molar-refractivity contribution < 1.29 is 22.3 Å². The first-order valence-electron chi connectivity index (χ1n) is 7.06. The van der Waals surface area contributed by atoms with Crippen molar-refractivity contribution >= 4 is 10.4 Å². The Kier molecular flexibility index (Phi) is 7.70. The SMILES string of the molecule is CCC(CN)c1cccc(Oc2ccccc2)c1.O=S(=O)(O)O. The monoisotopic (exact) mass is 339 g/mol. The van der Waals surface area contributed by atoms with Crippen LogP contribution in [0.15, 0.2) is 54.6 Å². The van der Waals surface area contributed by atoms with E-state index >= 15 is 0 Å². The van der Waals surface area contributed by atoms with Gasteiger partial charge in [0.15, 0.2) is 0 Å². The summed E-state index contributed by atoms with van der Waals surface area (Å²) in [5, 5.41) is 0. The molecule has 0 radical (unpaired) electrons. The van der Waals surface area contributed by atoms with Crippen LogP contribution in [0.3, 0.4) is 0 Å².